The minimum Gasteiger partial charge on any atom is -0.457 e. The fourth-order valence-corrected chi connectivity index (χ4v) is 7.10. The quantitative estimate of drug-likeness (QED) is 0.155. The molecule has 0 bridgehead atoms. The highest BCUT2D eigenvalue weighted by Crippen LogP contribution is 2.39. The van der Waals surface area contributed by atoms with Crippen molar-refractivity contribution in [3.63, 3.8) is 0 Å². The van der Waals surface area contributed by atoms with Crippen LogP contribution < -0.4 is 4.74 Å². The van der Waals surface area contributed by atoms with Crippen LogP contribution in [0.4, 0.5) is 0 Å². The third-order valence-electron chi connectivity index (χ3n) is 9.86. The van der Waals surface area contributed by atoms with Crippen molar-refractivity contribution in [3.8, 4) is 34.1 Å². The van der Waals surface area contributed by atoms with Gasteiger partial charge < -0.3 is 4.74 Å². The Labute approximate surface area is 296 Å². The lowest BCUT2D eigenvalue weighted by molar-refractivity contribution is 0.481. The van der Waals surface area contributed by atoms with E-state index in [0.29, 0.717) is 17.8 Å². The van der Waals surface area contributed by atoms with E-state index in [9.17, 15) is 0 Å². The van der Waals surface area contributed by atoms with E-state index < -0.39 is 0 Å². The van der Waals surface area contributed by atoms with Gasteiger partial charge in [0.25, 0.3) is 0 Å². The predicted octanol–water partition coefficient (Wildman–Crippen LogP) is 12.6. The molecule has 3 heterocycles. The molecule has 0 saturated carbocycles. The Morgan fingerprint density at radius 3 is 2.00 bits per heavy atom. The zero-order chi connectivity index (χ0) is 35.3. The van der Waals surface area contributed by atoms with E-state index in [0.717, 1.165) is 39.7 Å². The van der Waals surface area contributed by atoms with Crippen molar-refractivity contribution in [2.45, 2.75) is 86.0 Å². The molecule has 0 aliphatic heterocycles. The summed E-state index contributed by atoms with van der Waals surface area (Å²) < 4.78 is 11.2. The zero-order valence-electron chi connectivity index (χ0n) is 30.8. The molecule has 254 valence electrons. The SMILES string of the molecule is Cc1nn(-c2cc(Oc3ccc4c5cc(C(C)C)ccc5n(-c5cc(C(C)C)ccn5)c4c3)cc(C(C)C)c2)c(C(C)C)c1-c1ccccc1. The maximum atomic E-state index is 6.80. The van der Waals surface area contributed by atoms with E-state index in [1.807, 2.05) is 6.20 Å². The molecule has 0 unspecified atom stereocenters. The largest absolute Gasteiger partial charge is 0.457 e. The van der Waals surface area contributed by atoms with Gasteiger partial charge in [0.15, 0.2) is 0 Å². The lowest BCUT2D eigenvalue weighted by Gasteiger charge is -2.17. The maximum Gasteiger partial charge on any atom is 0.137 e. The minimum absolute atomic E-state index is 0.266. The lowest BCUT2D eigenvalue weighted by atomic mass is 9.97. The highest BCUT2D eigenvalue weighted by atomic mass is 16.5. The Hall–Kier alpha value is -5.16. The number of fused-ring (bicyclic) bond motifs is 3. The van der Waals surface area contributed by atoms with Crippen LogP contribution in [0.1, 0.15) is 107 Å². The minimum atomic E-state index is 0.266. The molecule has 50 heavy (non-hydrogen) atoms. The van der Waals surface area contributed by atoms with Crippen molar-refractivity contribution < 1.29 is 4.74 Å². The first kappa shape index (κ1) is 33.3. The summed E-state index contributed by atoms with van der Waals surface area (Å²) in [5.41, 5.74) is 11.6. The van der Waals surface area contributed by atoms with E-state index in [4.69, 9.17) is 14.8 Å². The Morgan fingerprint density at radius 2 is 1.30 bits per heavy atom. The van der Waals surface area contributed by atoms with E-state index in [1.54, 1.807) is 0 Å². The molecule has 7 rings (SSSR count). The van der Waals surface area contributed by atoms with Gasteiger partial charge in [0.05, 0.1) is 28.1 Å². The average Bonchev–Trinajstić information content (AvgIpc) is 3.62. The molecule has 0 radical (unpaired) electrons. The summed E-state index contributed by atoms with van der Waals surface area (Å²) in [5, 5.41) is 7.54. The average molecular weight is 661 g/mol. The number of benzene rings is 4. The zero-order valence-corrected chi connectivity index (χ0v) is 30.8. The number of hydrogen-bond acceptors (Lipinski definition) is 3. The second kappa shape index (κ2) is 13.3. The number of aromatic nitrogens is 4. The van der Waals surface area contributed by atoms with Crippen LogP contribution in [0.3, 0.4) is 0 Å². The van der Waals surface area contributed by atoms with Gasteiger partial charge in [0.2, 0.25) is 0 Å². The molecule has 0 amide bonds. The summed E-state index contributed by atoms with van der Waals surface area (Å²) in [7, 11) is 0. The highest BCUT2D eigenvalue weighted by Gasteiger charge is 2.22. The number of aryl methyl sites for hydroxylation is 1. The van der Waals surface area contributed by atoms with Crippen molar-refractivity contribution in [1.82, 2.24) is 19.3 Å². The van der Waals surface area contributed by atoms with Gasteiger partial charge in [-0.2, -0.15) is 5.10 Å². The first-order valence-electron chi connectivity index (χ1n) is 18.0. The molecule has 0 aliphatic rings. The Morgan fingerprint density at radius 1 is 0.580 bits per heavy atom. The fourth-order valence-electron chi connectivity index (χ4n) is 7.10. The molecule has 0 saturated heterocycles. The van der Waals surface area contributed by atoms with Crippen LogP contribution in [-0.4, -0.2) is 19.3 Å². The van der Waals surface area contributed by atoms with Crippen molar-refractivity contribution in [1.29, 1.82) is 0 Å². The van der Waals surface area contributed by atoms with Crippen LogP contribution in [0, 0.1) is 6.92 Å². The lowest BCUT2D eigenvalue weighted by Crippen LogP contribution is -2.06. The van der Waals surface area contributed by atoms with E-state index in [-0.39, 0.29) is 5.92 Å². The van der Waals surface area contributed by atoms with Gasteiger partial charge in [-0.3, -0.25) is 4.57 Å². The van der Waals surface area contributed by atoms with Crippen LogP contribution in [0.2, 0.25) is 0 Å². The number of hydrogen-bond donors (Lipinski definition) is 0. The molecule has 0 spiro atoms. The van der Waals surface area contributed by atoms with Crippen molar-refractivity contribution >= 4 is 21.8 Å². The normalized spacial score (nSPS) is 12.0. The molecule has 3 aromatic heterocycles. The van der Waals surface area contributed by atoms with Crippen LogP contribution in [0.15, 0.2) is 103 Å². The molecule has 4 aromatic carbocycles. The van der Waals surface area contributed by atoms with Gasteiger partial charge in [-0.25, -0.2) is 9.67 Å². The second-order valence-electron chi connectivity index (χ2n) is 14.8. The first-order chi connectivity index (χ1) is 24.0. The molecular weight excluding hydrogens is 613 g/mol. The number of pyridine rings is 1. The van der Waals surface area contributed by atoms with Gasteiger partial charge >= 0.3 is 0 Å². The Kier molecular flexibility index (Phi) is 8.86. The summed E-state index contributed by atoms with van der Waals surface area (Å²) in [6.45, 7) is 20.0. The highest BCUT2D eigenvalue weighted by molar-refractivity contribution is 6.09. The van der Waals surface area contributed by atoms with Crippen LogP contribution in [0.25, 0.3) is 44.4 Å². The number of rotatable bonds is 9. The summed E-state index contributed by atoms with van der Waals surface area (Å²) in [6, 6.07) is 34.8. The maximum absolute atomic E-state index is 6.80. The van der Waals surface area contributed by atoms with Crippen LogP contribution >= 0.6 is 0 Å². The Balaban J connectivity index is 1.37. The number of ether oxygens (including phenoxy) is 1. The first-order valence-corrected chi connectivity index (χ1v) is 18.0. The van der Waals surface area contributed by atoms with Crippen molar-refractivity contribution in [3.05, 3.63) is 131 Å². The van der Waals surface area contributed by atoms with Crippen LogP contribution in [-0.2, 0) is 0 Å². The fraction of sp³-hybridized carbons (Fsp3) is 0.289. The molecular formula is C45H48N4O. The van der Waals surface area contributed by atoms with Crippen LogP contribution in [0.5, 0.6) is 11.5 Å². The van der Waals surface area contributed by atoms with Gasteiger partial charge in [0.1, 0.15) is 17.3 Å². The van der Waals surface area contributed by atoms with Crippen molar-refractivity contribution in [2.24, 2.45) is 0 Å². The Bertz CT molecular complexity index is 2320. The standard InChI is InChI=1S/C45H48N4O/c1-27(2)33-15-18-41-40(23-33)39-17-16-37(26-42(39)48(41)43-24-34(28(3)4)19-20-46-43)50-38-22-35(29(5)6)21-36(25-38)49-45(30(7)8)44(31(9)47-49)32-13-11-10-12-14-32/h10-30H,1-9H3. The molecule has 5 heteroatoms. The molecule has 5 nitrogen and oxygen atoms in total. The van der Waals surface area contributed by atoms with E-state index in [2.05, 4.69) is 169 Å². The van der Waals surface area contributed by atoms with E-state index in [1.165, 1.54) is 44.3 Å². The van der Waals surface area contributed by atoms with E-state index >= 15 is 0 Å². The molecule has 0 aliphatic carbocycles. The predicted molar refractivity (Wildman–Crippen MR) is 209 cm³/mol. The molecule has 0 fully saturated rings. The molecule has 0 N–H and O–H groups in total. The van der Waals surface area contributed by atoms with Gasteiger partial charge in [0, 0.05) is 34.7 Å². The van der Waals surface area contributed by atoms with Gasteiger partial charge in [-0.1, -0.05) is 91.8 Å². The molecule has 7 aromatic rings. The van der Waals surface area contributed by atoms with Gasteiger partial charge in [-0.15, -0.1) is 0 Å². The smallest absolute Gasteiger partial charge is 0.137 e. The summed E-state index contributed by atoms with van der Waals surface area (Å²) >= 11 is 0. The third-order valence-corrected chi connectivity index (χ3v) is 9.86. The monoisotopic (exact) mass is 660 g/mol. The third kappa shape index (κ3) is 6.10. The molecule has 0 atom stereocenters. The summed E-state index contributed by atoms with van der Waals surface area (Å²) in [6.07, 6.45) is 1.93. The van der Waals surface area contributed by atoms with Crippen molar-refractivity contribution in [2.75, 3.05) is 0 Å². The van der Waals surface area contributed by atoms with Gasteiger partial charge in [-0.05, 0) is 101 Å². The topological polar surface area (TPSA) is 44.9 Å². The number of nitrogens with zero attached hydrogens (tertiary/aromatic N) is 4. The summed E-state index contributed by atoms with van der Waals surface area (Å²) in [5.74, 6) is 3.90. The second-order valence-corrected chi connectivity index (χ2v) is 14.8. The summed E-state index contributed by atoms with van der Waals surface area (Å²) in [4.78, 5) is 4.88.